The summed E-state index contributed by atoms with van der Waals surface area (Å²) < 4.78 is 0. The van der Waals surface area contributed by atoms with Crippen LogP contribution in [0.15, 0.2) is 18.2 Å². The van der Waals surface area contributed by atoms with E-state index in [-0.39, 0.29) is 0 Å². The van der Waals surface area contributed by atoms with Gasteiger partial charge >= 0.3 is 0 Å². The quantitative estimate of drug-likeness (QED) is 0.0670. The van der Waals surface area contributed by atoms with E-state index in [1.165, 1.54) is 268 Å². The second-order valence-corrected chi connectivity index (χ2v) is 16.9. The highest BCUT2D eigenvalue weighted by atomic mass is 16.3. The Bertz CT molecular complexity index is 736. The fraction of sp³-hybridized carbons (Fsp3) is 0.880. The lowest BCUT2D eigenvalue weighted by Crippen LogP contribution is -1.93. The van der Waals surface area contributed by atoms with Gasteiger partial charge in [0.1, 0.15) is 5.75 Å². The van der Waals surface area contributed by atoms with Gasteiger partial charge in [0.15, 0.2) is 0 Å². The standard InChI is InChI=1S/C50H94O/c1-3-5-7-9-11-13-15-17-19-21-23-25-27-29-31-33-35-37-39-41-44-48-46-43-47-49(50(48)51)45-42-40-38-36-34-32-30-28-26-24-22-20-18-16-14-12-10-8-6-4-2/h43,46-47,51H,3-42,44-45H2,1-2H3. The molecule has 1 aromatic rings. The molecule has 0 radical (unpaired) electrons. The number of hydrogen-bond donors (Lipinski definition) is 1. The van der Waals surface area contributed by atoms with Crippen LogP contribution in [0.25, 0.3) is 0 Å². The first-order valence-electron chi connectivity index (χ1n) is 24.1. The van der Waals surface area contributed by atoms with E-state index in [0.717, 1.165) is 12.8 Å². The number of aryl methyl sites for hydroxylation is 2. The highest BCUT2D eigenvalue weighted by Crippen LogP contribution is 2.26. The normalized spacial score (nSPS) is 11.6. The summed E-state index contributed by atoms with van der Waals surface area (Å²) >= 11 is 0. The lowest BCUT2D eigenvalue weighted by atomic mass is 9.98. The van der Waals surface area contributed by atoms with Crippen LogP contribution in [0.1, 0.15) is 282 Å². The minimum Gasteiger partial charge on any atom is -0.507 e. The second-order valence-electron chi connectivity index (χ2n) is 16.9. The molecule has 0 aliphatic carbocycles. The van der Waals surface area contributed by atoms with Gasteiger partial charge in [0, 0.05) is 0 Å². The number of phenols is 1. The molecular weight excluding hydrogens is 617 g/mol. The van der Waals surface area contributed by atoms with Gasteiger partial charge in [-0.25, -0.2) is 0 Å². The summed E-state index contributed by atoms with van der Waals surface area (Å²) in [6.45, 7) is 4.61. The van der Waals surface area contributed by atoms with Crippen LogP contribution in [-0.4, -0.2) is 5.11 Å². The maximum atomic E-state index is 10.9. The molecule has 1 aromatic carbocycles. The maximum Gasteiger partial charge on any atom is 0.121 e. The van der Waals surface area contributed by atoms with Crippen molar-refractivity contribution in [1.82, 2.24) is 0 Å². The number of hydrogen-bond acceptors (Lipinski definition) is 1. The SMILES string of the molecule is CCCCCCCCCCCCCCCCCCCCCCc1cccc(CCCCCCCCCCCCCCCCCCCCCC)c1O. The van der Waals surface area contributed by atoms with Crippen LogP contribution in [0.3, 0.4) is 0 Å². The van der Waals surface area contributed by atoms with E-state index < -0.39 is 0 Å². The van der Waals surface area contributed by atoms with Crippen molar-refractivity contribution in [3.63, 3.8) is 0 Å². The van der Waals surface area contributed by atoms with Crippen molar-refractivity contribution in [2.45, 2.75) is 284 Å². The second kappa shape index (κ2) is 40.2. The Kier molecular flexibility index (Phi) is 37.9. The van der Waals surface area contributed by atoms with E-state index in [2.05, 4.69) is 32.0 Å². The largest absolute Gasteiger partial charge is 0.507 e. The minimum absolute atomic E-state index is 0.605. The first-order valence-corrected chi connectivity index (χ1v) is 24.1. The molecule has 1 nitrogen and oxygen atoms in total. The minimum atomic E-state index is 0.605. The molecule has 0 fully saturated rings. The van der Waals surface area contributed by atoms with Crippen molar-refractivity contribution in [2.75, 3.05) is 0 Å². The molecule has 0 spiro atoms. The monoisotopic (exact) mass is 711 g/mol. The predicted molar refractivity (Wildman–Crippen MR) is 232 cm³/mol. The first-order chi connectivity index (χ1) is 25.3. The van der Waals surface area contributed by atoms with Crippen molar-refractivity contribution in [3.8, 4) is 5.75 Å². The Hall–Kier alpha value is -0.980. The summed E-state index contributed by atoms with van der Waals surface area (Å²) in [6, 6.07) is 6.49. The predicted octanol–water partition coefficient (Wildman–Crippen LogP) is 18.1. The maximum absolute atomic E-state index is 10.9. The Morgan fingerprint density at radius 2 is 0.451 bits per heavy atom. The summed E-state index contributed by atoms with van der Waals surface area (Å²) in [6.07, 6.45) is 59.0. The fourth-order valence-electron chi connectivity index (χ4n) is 8.19. The van der Waals surface area contributed by atoms with Gasteiger partial charge in [0.05, 0.1) is 0 Å². The molecule has 0 heterocycles. The molecule has 0 unspecified atom stereocenters. The molecular formula is C50H94O. The zero-order chi connectivity index (χ0) is 36.6. The lowest BCUT2D eigenvalue weighted by Gasteiger charge is -2.10. The van der Waals surface area contributed by atoms with Gasteiger partial charge in [-0.05, 0) is 36.8 Å². The Labute approximate surface area is 322 Å². The van der Waals surface area contributed by atoms with Crippen molar-refractivity contribution >= 4 is 0 Å². The van der Waals surface area contributed by atoms with Gasteiger partial charge in [-0.3, -0.25) is 0 Å². The van der Waals surface area contributed by atoms with Gasteiger partial charge in [0.2, 0.25) is 0 Å². The summed E-state index contributed by atoms with van der Waals surface area (Å²) in [4.78, 5) is 0. The van der Waals surface area contributed by atoms with Crippen molar-refractivity contribution in [1.29, 1.82) is 0 Å². The highest BCUT2D eigenvalue weighted by molar-refractivity contribution is 5.40. The molecule has 0 aromatic heterocycles. The molecule has 1 heteroatoms. The van der Waals surface area contributed by atoms with E-state index in [0.29, 0.717) is 5.75 Å². The molecule has 0 saturated heterocycles. The molecule has 1 rings (SSSR count). The number of benzene rings is 1. The lowest BCUT2D eigenvalue weighted by molar-refractivity contribution is 0.456. The Morgan fingerprint density at radius 1 is 0.275 bits per heavy atom. The third-order valence-corrected chi connectivity index (χ3v) is 11.8. The third-order valence-electron chi connectivity index (χ3n) is 11.8. The number of phenolic OH excluding ortho intramolecular Hbond substituents is 1. The zero-order valence-electron chi connectivity index (χ0n) is 35.4. The Balaban J connectivity index is 1.85. The van der Waals surface area contributed by atoms with Crippen molar-refractivity contribution in [2.24, 2.45) is 0 Å². The molecule has 51 heavy (non-hydrogen) atoms. The summed E-state index contributed by atoms with van der Waals surface area (Å²) in [5.74, 6) is 0.605. The van der Waals surface area contributed by atoms with Crippen LogP contribution in [-0.2, 0) is 12.8 Å². The molecule has 1 N–H and O–H groups in total. The van der Waals surface area contributed by atoms with Crippen molar-refractivity contribution in [3.05, 3.63) is 29.3 Å². The first kappa shape index (κ1) is 48.0. The number of para-hydroxylation sites is 1. The number of unbranched alkanes of at least 4 members (excludes halogenated alkanes) is 38. The summed E-state index contributed by atoms with van der Waals surface area (Å²) in [5, 5.41) is 10.9. The summed E-state index contributed by atoms with van der Waals surface area (Å²) in [7, 11) is 0. The molecule has 0 amide bonds. The van der Waals surface area contributed by atoms with Gasteiger partial charge < -0.3 is 5.11 Å². The van der Waals surface area contributed by atoms with Crippen LogP contribution in [0, 0.1) is 0 Å². The van der Waals surface area contributed by atoms with E-state index in [1.54, 1.807) is 0 Å². The average molecular weight is 711 g/mol. The third kappa shape index (κ3) is 33.3. The molecule has 0 saturated carbocycles. The molecule has 300 valence electrons. The van der Waals surface area contributed by atoms with Crippen LogP contribution >= 0.6 is 0 Å². The van der Waals surface area contributed by atoms with Crippen LogP contribution < -0.4 is 0 Å². The fourth-order valence-corrected chi connectivity index (χ4v) is 8.19. The number of aromatic hydroxyl groups is 1. The van der Waals surface area contributed by atoms with Gasteiger partial charge in [0.25, 0.3) is 0 Å². The highest BCUT2D eigenvalue weighted by Gasteiger charge is 2.07. The summed E-state index contributed by atoms with van der Waals surface area (Å²) in [5.41, 5.74) is 2.37. The van der Waals surface area contributed by atoms with Crippen LogP contribution in [0.5, 0.6) is 5.75 Å². The average Bonchev–Trinajstić information content (AvgIpc) is 3.14. The molecule has 0 atom stereocenters. The van der Waals surface area contributed by atoms with Gasteiger partial charge in [-0.15, -0.1) is 0 Å². The van der Waals surface area contributed by atoms with E-state index in [4.69, 9.17) is 0 Å². The number of rotatable bonds is 42. The molecule has 0 aliphatic heterocycles. The van der Waals surface area contributed by atoms with E-state index in [1.807, 2.05) is 0 Å². The molecule has 0 aliphatic rings. The Morgan fingerprint density at radius 3 is 0.647 bits per heavy atom. The van der Waals surface area contributed by atoms with E-state index >= 15 is 0 Å². The molecule has 0 bridgehead atoms. The zero-order valence-corrected chi connectivity index (χ0v) is 35.4. The van der Waals surface area contributed by atoms with Crippen LogP contribution in [0.2, 0.25) is 0 Å². The van der Waals surface area contributed by atoms with Crippen LogP contribution in [0.4, 0.5) is 0 Å². The van der Waals surface area contributed by atoms with Gasteiger partial charge in [-0.1, -0.05) is 276 Å². The van der Waals surface area contributed by atoms with Gasteiger partial charge in [-0.2, -0.15) is 0 Å². The topological polar surface area (TPSA) is 20.2 Å². The van der Waals surface area contributed by atoms with E-state index in [9.17, 15) is 5.11 Å². The smallest absolute Gasteiger partial charge is 0.121 e. The van der Waals surface area contributed by atoms with Crippen molar-refractivity contribution < 1.29 is 5.11 Å².